The van der Waals surface area contributed by atoms with E-state index < -0.39 is 11.8 Å². The van der Waals surface area contributed by atoms with Crippen LogP contribution in [0.25, 0.3) is 0 Å². The zero-order valence-electron chi connectivity index (χ0n) is 17.7. The fraction of sp³-hybridized carbons (Fsp3) is 0.348. The van der Waals surface area contributed by atoms with E-state index in [1.807, 2.05) is 10.6 Å². The Balaban J connectivity index is 1.13. The van der Waals surface area contributed by atoms with Crippen molar-refractivity contribution in [1.29, 1.82) is 0 Å². The standard InChI is InChI=1S/C23H22N4O4S2/c28-19(24-13-27-21(30)16-4-1-2-5-17(16)22(27)31)12-33-23(32)25-9-14-8-15(11-25)18-6-3-7-20(29)26(18)10-14/h1-7,14-15H,8-13H2,(H,24,28)/t14-,15-/m1/s1. The molecule has 5 rings (SSSR count). The number of benzene rings is 1. The van der Waals surface area contributed by atoms with Crippen molar-refractivity contribution in [2.45, 2.75) is 18.9 Å². The van der Waals surface area contributed by atoms with Gasteiger partial charge in [-0.3, -0.25) is 24.1 Å². The monoisotopic (exact) mass is 482 g/mol. The summed E-state index contributed by atoms with van der Waals surface area (Å²) in [6, 6.07) is 12.0. The Hall–Kier alpha value is -2.98. The third-order valence-corrected chi connectivity index (χ3v) is 7.90. The van der Waals surface area contributed by atoms with Crippen LogP contribution in [0.4, 0.5) is 0 Å². The molecule has 1 aromatic heterocycles. The molecule has 3 aliphatic heterocycles. The lowest BCUT2D eigenvalue weighted by Crippen LogP contribution is -2.48. The Bertz CT molecular complexity index is 1190. The highest BCUT2D eigenvalue weighted by molar-refractivity contribution is 8.23. The van der Waals surface area contributed by atoms with Crippen LogP contribution < -0.4 is 10.9 Å². The zero-order chi connectivity index (χ0) is 23.1. The summed E-state index contributed by atoms with van der Waals surface area (Å²) in [5.74, 6) is -0.418. The van der Waals surface area contributed by atoms with Crippen LogP contribution in [0.3, 0.4) is 0 Å². The number of thioether (sulfide) groups is 1. The van der Waals surface area contributed by atoms with Crippen LogP contribution in [0.15, 0.2) is 47.3 Å². The molecule has 2 aromatic rings. The fourth-order valence-electron chi connectivity index (χ4n) is 4.87. The second kappa shape index (κ2) is 8.75. The van der Waals surface area contributed by atoms with E-state index in [0.717, 1.165) is 30.1 Å². The molecule has 10 heteroatoms. The normalized spacial score (nSPS) is 21.0. The molecule has 0 aliphatic carbocycles. The molecule has 1 saturated heterocycles. The van der Waals surface area contributed by atoms with Crippen molar-refractivity contribution >= 4 is 46.0 Å². The molecule has 4 heterocycles. The third kappa shape index (κ3) is 4.08. The van der Waals surface area contributed by atoms with Gasteiger partial charge in [-0.05, 0) is 30.5 Å². The first kappa shape index (κ1) is 21.8. The number of amides is 3. The van der Waals surface area contributed by atoms with Gasteiger partial charge in [0.1, 0.15) is 11.0 Å². The lowest BCUT2D eigenvalue weighted by molar-refractivity contribution is -0.118. The maximum atomic E-state index is 12.4. The highest BCUT2D eigenvalue weighted by Gasteiger charge is 2.36. The van der Waals surface area contributed by atoms with Gasteiger partial charge in [0, 0.05) is 37.3 Å². The molecular formula is C23H22N4O4S2. The Morgan fingerprint density at radius 2 is 1.73 bits per heavy atom. The van der Waals surface area contributed by atoms with Gasteiger partial charge >= 0.3 is 0 Å². The minimum atomic E-state index is -0.404. The van der Waals surface area contributed by atoms with E-state index in [1.54, 1.807) is 36.4 Å². The summed E-state index contributed by atoms with van der Waals surface area (Å²) < 4.78 is 2.52. The number of rotatable bonds is 4. The average Bonchev–Trinajstić information content (AvgIpc) is 3.06. The molecule has 3 aliphatic rings. The number of fused-ring (bicyclic) bond motifs is 5. The molecule has 0 saturated carbocycles. The highest BCUT2D eigenvalue weighted by Crippen LogP contribution is 2.36. The van der Waals surface area contributed by atoms with E-state index in [1.165, 1.54) is 11.8 Å². The molecule has 170 valence electrons. The predicted molar refractivity (Wildman–Crippen MR) is 128 cm³/mol. The molecule has 0 unspecified atom stereocenters. The van der Waals surface area contributed by atoms with Gasteiger partial charge in [0.05, 0.1) is 16.9 Å². The molecule has 0 radical (unpaired) electrons. The molecule has 1 fully saturated rings. The van der Waals surface area contributed by atoms with Gasteiger partial charge in [-0.2, -0.15) is 0 Å². The van der Waals surface area contributed by atoms with Gasteiger partial charge in [0.15, 0.2) is 0 Å². The Labute approximate surface area is 199 Å². The topological polar surface area (TPSA) is 91.7 Å². The van der Waals surface area contributed by atoms with Crippen LogP contribution in [0.5, 0.6) is 0 Å². The van der Waals surface area contributed by atoms with Crippen molar-refractivity contribution in [2.75, 3.05) is 25.5 Å². The number of imide groups is 1. The van der Waals surface area contributed by atoms with Crippen LogP contribution >= 0.6 is 24.0 Å². The molecule has 1 N–H and O–H groups in total. The summed E-state index contributed by atoms with van der Waals surface area (Å²) in [6.45, 7) is 2.01. The van der Waals surface area contributed by atoms with Crippen molar-refractivity contribution in [3.8, 4) is 0 Å². The predicted octanol–water partition coefficient (Wildman–Crippen LogP) is 1.66. The zero-order valence-corrected chi connectivity index (χ0v) is 19.4. The smallest absolute Gasteiger partial charge is 0.263 e. The van der Waals surface area contributed by atoms with Gasteiger partial charge in [0.2, 0.25) is 5.91 Å². The van der Waals surface area contributed by atoms with Gasteiger partial charge in [-0.15, -0.1) is 0 Å². The van der Waals surface area contributed by atoms with Crippen LogP contribution in [-0.2, 0) is 11.3 Å². The first-order valence-electron chi connectivity index (χ1n) is 10.8. The van der Waals surface area contributed by atoms with Crippen LogP contribution in [0.1, 0.15) is 38.7 Å². The number of piperidine rings is 1. The fourth-order valence-corrected chi connectivity index (χ4v) is 5.88. The van der Waals surface area contributed by atoms with Crippen molar-refractivity contribution < 1.29 is 14.4 Å². The molecule has 3 amide bonds. The van der Waals surface area contributed by atoms with E-state index >= 15 is 0 Å². The van der Waals surface area contributed by atoms with E-state index in [-0.39, 0.29) is 29.8 Å². The SMILES string of the molecule is O=C(CSC(=S)N1C[C@H]2C[C@H](C1)c1cccc(=O)n1C2)NCN1C(=O)c2ccccc2C1=O. The summed E-state index contributed by atoms with van der Waals surface area (Å²) in [4.78, 5) is 52.5. The number of thiocarbonyl (C=S) groups is 1. The van der Waals surface area contributed by atoms with Crippen molar-refractivity contribution in [3.63, 3.8) is 0 Å². The van der Waals surface area contributed by atoms with E-state index in [2.05, 4.69) is 10.2 Å². The Kier molecular flexibility index (Phi) is 5.79. The summed E-state index contributed by atoms with van der Waals surface area (Å²) >= 11 is 6.87. The van der Waals surface area contributed by atoms with Crippen molar-refractivity contribution in [1.82, 2.24) is 19.7 Å². The number of aromatic nitrogens is 1. The number of carbonyl (C=O) groups is 3. The second-order valence-electron chi connectivity index (χ2n) is 8.50. The summed E-state index contributed by atoms with van der Waals surface area (Å²) in [6.07, 6.45) is 1.04. The van der Waals surface area contributed by atoms with Gasteiger partial charge in [0.25, 0.3) is 17.4 Å². The molecule has 8 nitrogen and oxygen atoms in total. The summed E-state index contributed by atoms with van der Waals surface area (Å²) in [5.41, 5.74) is 1.80. The minimum Gasteiger partial charge on any atom is -0.356 e. The number of nitrogens with zero attached hydrogens (tertiary/aromatic N) is 3. The Morgan fingerprint density at radius 3 is 2.45 bits per heavy atom. The van der Waals surface area contributed by atoms with Gasteiger partial charge < -0.3 is 14.8 Å². The van der Waals surface area contributed by atoms with Gasteiger partial charge in [-0.1, -0.05) is 42.2 Å². The summed E-state index contributed by atoms with van der Waals surface area (Å²) in [7, 11) is 0. The highest BCUT2D eigenvalue weighted by atomic mass is 32.2. The molecule has 2 bridgehead atoms. The molecule has 33 heavy (non-hydrogen) atoms. The number of likely N-dealkylation sites (tertiary alicyclic amines) is 1. The van der Waals surface area contributed by atoms with Crippen molar-refractivity contribution in [2.24, 2.45) is 5.92 Å². The summed E-state index contributed by atoms with van der Waals surface area (Å²) in [5, 5.41) is 2.65. The minimum absolute atomic E-state index is 0.0438. The second-order valence-corrected chi connectivity index (χ2v) is 10.1. The van der Waals surface area contributed by atoms with Crippen LogP contribution in [0.2, 0.25) is 0 Å². The Morgan fingerprint density at radius 1 is 1.00 bits per heavy atom. The number of pyridine rings is 1. The average molecular weight is 483 g/mol. The number of hydrogen-bond donors (Lipinski definition) is 1. The lowest BCUT2D eigenvalue weighted by atomic mass is 9.83. The van der Waals surface area contributed by atoms with Crippen LogP contribution in [0, 0.1) is 5.92 Å². The number of hydrogen-bond acceptors (Lipinski definition) is 6. The quantitative estimate of drug-likeness (QED) is 0.523. The molecule has 1 aromatic carbocycles. The van der Waals surface area contributed by atoms with E-state index in [4.69, 9.17) is 12.2 Å². The third-order valence-electron chi connectivity index (χ3n) is 6.38. The first-order chi connectivity index (χ1) is 15.9. The van der Waals surface area contributed by atoms with E-state index in [0.29, 0.717) is 27.9 Å². The molecule has 0 spiro atoms. The number of carbonyl (C=O) groups excluding carboxylic acids is 3. The first-order valence-corrected chi connectivity index (χ1v) is 12.1. The maximum absolute atomic E-state index is 12.4. The largest absolute Gasteiger partial charge is 0.356 e. The van der Waals surface area contributed by atoms with E-state index in [9.17, 15) is 19.2 Å². The number of nitrogens with one attached hydrogen (secondary N) is 1. The molecular weight excluding hydrogens is 460 g/mol. The lowest BCUT2D eigenvalue weighted by Gasteiger charge is -2.43. The maximum Gasteiger partial charge on any atom is 0.263 e. The molecule has 2 atom stereocenters. The van der Waals surface area contributed by atoms with Gasteiger partial charge in [-0.25, -0.2) is 0 Å². The van der Waals surface area contributed by atoms with Crippen LogP contribution in [-0.4, -0.2) is 61.9 Å². The van der Waals surface area contributed by atoms with Crippen molar-refractivity contribution in [3.05, 3.63) is 69.6 Å².